The summed E-state index contributed by atoms with van der Waals surface area (Å²) in [7, 11) is 0. The normalized spacial score (nSPS) is 22.6. The van der Waals surface area contributed by atoms with Crippen LogP contribution in [0.4, 0.5) is 0 Å². The first-order chi connectivity index (χ1) is 12.7. The molecule has 0 saturated carbocycles. The maximum atomic E-state index is 12.8. The number of Topliss-reactive ketones (excluding diaryl/α,β-unsaturated/α-hetero) is 1. The van der Waals surface area contributed by atoms with Crippen molar-refractivity contribution in [2.45, 2.75) is 24.2 Å². The second kappa shape index (κ2) is 7.18. The summed E-state index contributed by atoms with van der Waals surface area (Å²) in [5.74, 6) is -3.26. The number of carbonyl (C=O) groups is 1. The molecule has 4 atom stereocenters. The molecule has 9 heteroatoms. The van der Waals surface area contributed by atoms with Gasteiger partial charge < -0.3 is 36.0 Å². The Morgan fingerprint density at radius 3 is 2.44 bits per heavy atom. The third-order valence-electron chi connectivity index (χ3n) is 4.52. The molecule has 0 aromatic heterocycles. The van der Waals surface area contributed by atoms with Gasteiger partial charge in [-0.2, -0.15) is 12.6 Å². The number of hydrogen-bond donors (Lipinski definition) is 7. The van der Waals surface area contributed by atoms with Gasteiger partial charge in [0.05, 0.1) is 12.0 Å². The summed E-state index contributed by atoms with van der Waals surface area (Å²) < 4.78 is 5.71. The number of phenols is 4. The molecule has 3 rings (SSSR count). The van der Waals surface area contributed by atoms with Crippen LogP contribution in [-0.4, -0.2) is 49.2 Å². The SMILES string of the molecule is N[C@H](CS)C(=O)[C@H]1c2c(O)cc(O)cc2OC(c2ccc(O)c(O)c2)C1O. The molecule has 1 aliphatic rings. The van der Waals surface area contributed by atoms with Crippen LogP contribution in [0.5, 0.6) is 28.7 Å². The molecule has 2 unspecified atom stereocenters. The molecule has 7 N–H and O–H groups in total. The fourth-order valence-electron chi connectivity index (χ4n) is 3.17. The highest BCUT2D eigenvalue weighted by atomic mass is 32.1. The molecule has 2 aromatic rings. The van der Waals surface area contributed by atoms with E-state index in [1.54, 1.807) is 0 Å². The van der Waals surface area contributed by atoms with Crippen molar-refractivity contribution >= 4 is 18.4 Å². The summed E-state index contributed by atoms with van der Waals surface area (Å²) in [6, 6.07) is 5.07. The zero-order chi connectivity index (χ0) is 19.9. The maximum Gasteiger partial charge on any atom is 0.160 e. The van der Waals surface area contributed by atoms with Crippen molar-refractivity contribution in [1.29, 1.82) is 0 Å². The predicted octanol–water partition coefficient (Wildman–Crippen LogP) is 0.913. The summed E-state index contributed by atoms with van der Waals surface area (Å²) in [6.07, 6.45) is -2.57. The topological polar surface area (TPSA) is 153 Å². The number of ketones is 1. The first kappa shape index (κ1) is 19.2. The molecular weight excluding hydrogens is 374 g/mol. The third kappa shape index (κ3) is 3.36. The van der Waals surface area contributed by atoms with Crippen LogP contribution in [0.25, 0.3) is 0 Å². The molecule has 1 heterocycles. The number of rotatable bonds is 4. The Morgan fingerprint density at radius 2 is 1.81 bits per heavy atom. The molecule has 0 fully saturated rings. The van der Waals surface area contributed by atoms with Crippen LogP contribution in [0.1, 0.15) is 23.1 Å². The third-order valence-corrected chi connectivity index (χ3v) is 4.91. The lowest BCUT2D eigenvalue weighted by atomic mass is 9.79. The van der Waals surface area contributed by atoms with Crippen molar-refractivity contribution < 1.29 is 35.1 Å². The van der Waals surface area contributed by atoms with Crippen LogP contribution in [0.3, 0.4) is 0 Å². The van der Waals surface area contributed by atoms with Gasteiger partial charge in [0, 0.05) is 23.4 Å². The number of ether oxygens (including phenoxy) is 1. The zero-order valence-corrected chi connectivity index (χ0v) is 14.9. The van der Waals surface area contributed by atoms with E-state index in [0.717, 1.165) is 6.07 Å². The van der Waals surface area contributed by atoms with Crippen molar-refractivity contribution in [3.8, 4) is 28.7 Å². The fourth-order valence-corrected chi connectivity index (χ4v) is 3.35. The molecule has 0 aliphatic carbocycles. The Balaban J connectivity index is 2.14. The van der Waals surface area contributed by atoms with E-state index >= 15 is 0 Å². The number of benzene rings is 2. The van der Waals surface area contributed by atoms with Crippen LogP contribution in [0.2, 0.25) is 0 Å². The highest BCUT2D eigenvalue weighted by Crippen LogP contribution is 2.49. The van der Waals surface area contributed by atoms with Crippen molar-refractivity contribution in [2.24, 2.45) is 5.73 Å². The van der Waals surface area contributed by atoms with Crippen molar-refractivity contribution in [1.82, 2.24) is 0 Å². The smallest absolute Gasteiger partial charge is 0.160 e. The van der Waals surface area contributed by atoms with Gasteiger partial charge in [0.1, 0.15) is 23.4 Å². The van der Waals surface area contributed by atoms with Crippen LogP contribution in [0.15, 0.2) is 30.3 Å². The predicted molar refractivity (Wildman–Crippen MR) is 98.5 cm³/mol. The van der Waals surface area contributed by atoms with Gasteiger partial charge in [-0.3, -0.25) is 4.79 Å². The van der Waals surface area contributed by atoms with Gasteiger partial charge >= 0.3 is 0 Å². The summed E-state index contributed by atoms with van der Waals surface area (Å²) in [4.78, 5) is 12.8. The van der Waals surface area contributed by atoms with E-state index in [1.807, 2.05) is 0 Å². The van der Waals surface area contributed by atoms with Gasteiger partial charge in [-0.15, -0.1) is 0 Å². The zero-order valence-electron chi connectivity index (χ0n) is 14.0. The Labute approximate surface area is 159 Å². The van der Waals surface area contributed by atoms with E-state index in [0.29, 0.717) is 0 Å². The Bertz CT molecular complexity index is 888. The number of aliphatic hydroxyl groups excluding tert-OH is 1. The Kier molecular flexibility index (Phi) is 5.09. The average molecular weight is 393 g/mol. The highest BCUT2D eigenvalue weighted by Gasteiger charge is 2.45. The first-order valence-corrected chi connectivity index (χ1v) is 8.70. The maximum absolute atomic E-state index is 12.8. The minimum atomic E-state index is -1.45. The van der Waals surface area contributed by atoms with E-state index in [4.69, 9.17) is 10.5 Å². The summed E-state index contributed by atoms with van der Waals surface area (Å²) in [5.41, 5.74) is 6.09. The molecule has 8 nitrogen and oxygen atoms in total. The van der Waals surface area contributed by atoms with Gasteiger partial charge in [-0.25, -0.2) is 0 Å². The molecule has 0 radical (unpaired) electrons. The molecule has 0 amide bonds. The second-order valence-corrected chi connectivity index (χ2v) is 6.69. The van der Waals surface area contributed by atoms with Gasteiger partial charge in [-0.1, -0.05) is 6.07 Å². The van der Waals surface area contributed by atoms with E-state index in [9.17, 15) is 30.3 Å². The number of carbonyl (C=O) groups excluding carboxylic acids is 1. The van der Waals surface area contributed by atoms with Crippen LogP contribution >= 0.6 is 12.6 Å². The number of aliphatic hydroxyl groups is 1. The lowest BCUT2D eigenvalue weighted by Gasteiger charge is -2.37. The minimum absolute atomic E-state index is 0.0000732. The molecule has 0 saturated heterocycles. The van der Waals surface area contributed by atoms with E-state index in [1.165, 1.54) is 24.3 Å². The summed E-state index contributed by atoms with van der Waals surface area (Å²) >= 11 is 4.01. The van der Waals surface area contributed by atoms with Gasteiger partial charge in [0.2, 0.25) is 0 Å². The second-order valence-electron chi connectivity index (χ2n) is 6.32. The fraction of sp³-hybridized carbons (Fsp3) is 0.278. The van der Waals surface area contributed by atoms with Gasteiger partial charge in [0.25, 0.3) is 0 Å². The standard InChI is InChI=1S/C18H19NO7S/c19-9(6-27)16(24)15-14-12(23)4-8(20)5-13(14)26-18(17(15)25)7-1-2-10(21)11(22)3-7/h1-5,9,15,17-18,20-23,25,27H,6,19H2/t9-,15-,17?,18?/m1/s1. The molecule has 1 aliphatic heterocycles. The van der Waals surface area contributed by atoms with Crippen LogP contribution in [0, 0.1) is 0 Å². The Hall–Kier alpha value is -2.62. The van der Waals surface area contributed by atoms with Crippen LogP contribution < -0.4 is 10.5 Å². The molecular formula is C18H19NO7S. The van der Waals surface area contributed by atoms with E-state index < -0.39 is 41.4 Å². The van der Waals surface area contributed by atoms with Crippen molar-refractivity contribution in [2.75, 3.05) is 5.75 Å². The summed E-state index contributed by atoms with van der Waals surface area (Å²) in [6.45, 7) is 0. The summed E-state index contributed by atoms with van der Waals surface area (Å²) in [5, 5.41) is 50.1. The quantitative estimate of drug-likeness (QED) is 0.299. The lowest BCUT2D eigenvalue weighted by molar-refractivity contribution is -0.127. The van der Waals surface area contributed by atoms with Gasteiger partial charge in [0.15, 0.2) is 23.4 Å². The molecule has 2 aromatic carbocycles. The largest absolute Gasteiger partial charge is 0.508 e. The molecule has 0 bridgehead atoms. The number of fused-ring (bicyclic) bond motifs is 1. The monoisotopic (exact) mass is 393 g/mol. The van der Waals surface area contributed by atoms with Crippen LogP contribution in [-0.2, 0) is 4.79 Å². The highest BCUT2D eigenvalue weighted by molar-refractivity contribution is 7.80. The van der Waals surface area contributed by atoms with E-state index in [2.05, 4.69) is 12.6 Å². The lowest BCUT2D eigenvalue weighted by Crippen LogP contribution is -2.45. The van der Waals surface area contributed by atoms with E-state index in [-0.39, 0.29) is 34.1 Å². The number of nitrogens with two attached hydrogens (primary N) is 1. The number of phenolic OH excluding ortho intramolecular Hbond substituents is 4. The molecule has 0 spiro atoms. The van der Waals surface area contributed by atoms with Gasteiger partial charge in [-0.05, 0) is 17.7 Å². The average Bonchev–Trinajstić information content (AvgIpc) is 2.62. The number of hydrogen-bond acceptors (Lipinski definition) is 9. The minimum Gasteiger partial charge on any atom is -0.508 e. The molecule has 27 heavy (non-hydrogen) atoms. The number of aromatic hydroxyl groups is 4. The first-order valence-electron chi connectivity index (χ1n) is 8.07. The Morgan fingerprint density at radius 1 is 1.11 bits per heavy atom. The van der Waals surface area contributed by atoms with Crippen molar-refractivity contribution in [3.05, 3.63) is 41.5 Å². The van der Waals surface area contributed by atoms with Crippen molar-refractivity contribution in [3.63, 3.8) is 0 Å². The molecule has 144 valence electrons. The number of thiol groups is 1.